The lowest BCUT2D eigenvalue weighted by Gasteiger charge is -2.22. The number of hydrogen-bond donors (Lipinski definition) is 0. The lowest BCUT2D eigenvalue weighted by Crippen LogP contribution is -2.25. The van der Waals surface area contributed by atoms with Gasteiger partial charge in [-0.25, -0.2) is 0 Å². The second-order valence-electron chi connectivity index (χ2n) is 6.50. The fraction of sp³-hybridized carbons (Fsp3) is 0.550. The fourth-order valence-electron chi connectivity index (χ4n) is 2.89. The van der Waals surface area contributed by atoms with E-state index in [1.165, 1.54) is 60.8 Å². The molecule has 2 aromatic heterocycles. The van der Waals surface area contributed by atoms with E-state index in [2.05, 4.69) is 38.7 Å². The van der Waals surface area contributed by atoms with Crippen molar-refractivity contribution >= 4 is 17.3 Å². The highest BCUT2D eigenvalue weighted by Crippen LogP contribution is 2.23. The molecule has 136 valence electrons. The molecule has 0 amide bonds. The molecule has 0 saturated carbocycles. The van der Waals surface area contributed by atoms with E-state index in [1.54, 1.807) is 12.4 Å². The summed E-state index contributed by atoms with van der Waals surface area (Å²) in [6, 6.07) is 5.72. The SMILES string of the molecule is CCCCCCCc1nsnc1C1=CCCN(C)C1.c1ccncc1. The van der Waals surface area contributed by atoms with Gasteiger partial charge >= 0.3 is 0 Å². The summed E-state index contributed by atoms with van der Waals surface area (Å²) in [5.41, 5.74) is 3.78. The molecule has 0 fully saturated rings. The van der Waals surface area contributed by atoms with Crippen LogP contribution in [-0.4, -0.2) is 38.8 Å². The van der Waals surface area contributed by atoms with Crippen LogP contribution < -0.4 is 0 Å². The average molecular weight is 359 g/mol. The van der Waals surface area contributed by atoms with Gasteiger partial charge in [-0.3, -0.25) is 4.98 Å². The molecular weight excluding hydrogens is 328 g/mol. The number of rotatable bonds is 7. The van der Waals surface area contributed by atoms with Crippen molar-refractivity contribution < 1.29 is 0 Å². The number of likely N-dealkylation sites (N-methyl/N-ethyl adjacent to an activating group) is 1. The average Bonchev–Trinajstić information content (AvgIpc) is 3.12. The third-order valence-corrected chi connectivity index (χ3v) is 4.85. The van der Waals surface area contributed by atoms with Gasteiger partial charge in [-0.2, -0.15) is 8.75 Å². The maximum absolute atomic E-state index is 4.52. The third kappa shape index (κ3) is 7.45. The minimum Gasteiger partial charge on any atom is -0.302 e. The van der Waals surface area contributed by atoms with Crippen molar-refractivity contribution in [2.45, 2.75) is 51.9 Å². The minimum atomic E-state index is 1.02. The third-order valence-electron chi connectivity index (χ3n) is 4.29. The van der Waals surface area contributed by atoms with Crippen LogP contribution in [0.4, 0.5) is 0 Å². The number of aromatic nitrogens is 3. The molecule has 0 bridgehead atoms. The van der Waals surface area contributed by atoms with Crippen LogP contribution in [0.25, 0.3) is 5.57 Å². The lowest BCUT2D eigenvalue weighted by molar-refractivity contribution is 0.372. The largest absolute Gasteiger partial charge is 0.302 e. The molecular formula is C20H30N4S. The van der Waals surface area contributed by atoms with Gasteiger partial charge in [0.05, 0.1) is 17.4 Å². The van der Waals surface area contributed by atoms with E-state index in [9.17, 15) is 0 Å². The lowest BCUT2D eigenvalue weighted by atomic mass is 10.0. The molecule has 0 aliphatic carbocycles. The maximum Gasteiger partial charge on any atom is 0.104 e. The Balaban J connectivity index is 0.000000316. The maximum atomic E-state index is 4.52. The molecule has 4 nitrogen and oxygen atoms in total. The summed E-state index contributed by atoms with van der Waals surface area (Å²) in [7, 11) is 2.18. The van der Waals surface area contributed by atoms with Crippen LogP contribution in [0.2, 0.25) is 0 Å². The summed E-state index contributed by atoms with van der Waals surface area (Å²) in [6.07, 6.45) is 14.7. The second-order valence-corrected chi connectivity index (χ2v) is 7.03. The zero-order valence-corrected chi connectivity index (χ0v) is 16.3. The summed E-state index contributed by atoms with van der Waals surface area (Å²) in [5, 5.41) is 0. The van der Waals surface area contributed by atoms with Crippen LogP contribution in [0.3, 0.4) is 0 Å². The highest BCUT2D eigenvalue weighted by molar-refractivity contribution is 6.99. The molecule has 1 aliphatic rings. The summed E-state index contributed by atoms with van der Waals surface area (Å²) in [6.45, 7) is 4.44. The minimum absolute atomic E-state index is 1.02. The van der Waals surface area contributed by atoms with Crippen molar-refractivity contribution in [2.24, 2.45) is 0 Å². The highest BCUT2D eigenvalue weighted by atomic mass is 32.1. The molecule has 5 heteroatoms. The first-order valence-electron chi connectivity index (χ1n) is 9.35. The Labute approximate surface area is 156 Å². The smallest absolute Gasteiger partial charge is 0.104 e. The van der Waals surface area contributed by atoms with Gasteiger partial charge in [-0.15, -0.1) is 0 Å². The van der Waals surface area contributed by atoms with Crippen molar-refractivity contribution in [3.05, 3.63) is 48.1 Å². The van der Waals surface area contributed by atoms with Gasteiger partial charge in [0.15, 0.2) is 0 Å². The van der Waals surface area contributed by atoms with Crippen LogP contribution in [-0.2, 0) is 6.42 Å². The molecule has 0 aromatic carbocycles. The van der Waals surface area contributed by atoms with Crippen LogP contribution in [0.1, 0.15) is 56.8 Å². The first-order valence-corrected chi connectivity index (χ1v) is 10.1. The zero-order valence-electron chi connectivity index (χ0n) is 15.5. The summed E-state index contributed by atoms with van der Waals surface area (Å²) in [4.78, 5) is 6.15. The van der Waals surface area contributed by atoms with Crippen LogP contribution in [0.15, 0.2) is 36.7 Å². The molecule has 0 unspecified atom stereocenters. The van der Waals surface area contributed by atoms with Gasteiger partial charge in [0.2, 0.25) is 0 Å². The fourth-order valence-corrected chi connectivity index (χ4v) is 3.51. The Kier molecular flexibility index (Phi) is 9.37. The monoisotopic (exact) mass is 358 g/mol. The van der Waals surface area contributed by atoms with Crippen LogP contribution >= 0.6 is 11.7 Å². The number of unbranched alkanes of at least 4 members (excludes halogenated alkanes) is 4. The molecule has 3 heterocycles. The van der Waals surface area contributed by atoms with E-state index in [0.717, 1.165) is 25.9 Å². The van der Waals surface area contributed by atoms with Crippen molar-refractivity contribution in [3.63, 3.8) is 0 Å². The Morgan fingerprint density at radius 2 is 1.84 bits per heavy atom. The van der Waals surface area contributed by atoms with Crippen molar-refractivity contribution in [1.82, 2.24) is 18.6 Å². The zero-order chi connectivity index (χ0) is 17.7. The van der Waals surface area contributed by atoms with E-state index >= 15 is 0 Å². The Bertz CT molecular complexity index is 582. The Morgan fingerprint density at radius 3 is 2.48 bits per heavy atom. The highest BCUT2D eigenvalue weighted by Gasteiger charge is 2.16. The molecule has 0 saturated heterocycles. The normalized spacial score (nSPS) is 14.6. The van der Waals surface area contributed by atoms with Gasteiger partial charge in [-0.05, 0) is 44.0 Å². The van der Waals surface area contributed by atoms with Crippen molar-refractivity contribution in [2.75, 3.05) is 20.1 Å². The molecule has 0 radical (unpaired) electrons. The predicted octanol–water partition coefficient (Wildman–Crippen LogP) is 4.85. The number of nitrogens with zero attached hydrogens (tertiary/aromatic N) is 4. The molecule has 0 N–H and O–H groups in total. The summed E-state index contributed by atoms with van der Waals surface area (Å²) < 4.78 is 9.03. The van der Waals surface area contributed by atoms with E-state index in [4.69, 9.17) is 0 Å². The molecule has 1 aliphatic heterocycles. The molecule has 2 aromatic rings. The van der Waals surface area contributed by atoms with E-state index in [1.807, 2.05) is 18.2 Å². The molecule has 0 spiro atoms. The number of pyridine rings is 1. The topological polar surface area (TPSA) is 41.9 Å². The Morgan fingerprint density at radius 1 is 1.04 bits per heavy atom. The molecule has 25 heavy (non-hydrogen) atoms. The van der Waals surface area contributed by atoms with E-state index < -0.39 is 0 Å². The summed E-state index contributed by atoms with van der Waals surface area (Å²) in [5.74, 6) is 0. The van der Waals surface area contributed by atoms with Gasteiger partial charge in [-0.1, -0.05) is 44.7 Å². The van der Waals surface area contributed by atoms with E-state index in [-0.39, 0.29) is 0 Å². The quantitative estimate of drug-likeness (QED) is 0.663. The number of aryl methyl sites for hydroxylation is 1. The van der Waals surface area contributed by atoms with Crippen molar-refractivity contribution in [1.29, 1.82) is 0 Å². The van der Waals surface area contributed by atoms with Crippen LogP contribution in [0.5, 0.6) is 0 Å². The molecule has 0 atom stereocenters. The van der Waals surface area contributed by atoms with Gasteiger partial charge in [0.25, 0.3) is 0 Å². The second kappa shape index (κ2) is 11.9. The van der Waals surface area contributed by atoms with Gasteiger partial charge in [0.1, 0.15) is 5.69 Å². The van der Waals surface area contributed by atoms with Gasteiger partial charge in [0, 0.05) is 25.5 Å². The standard InChI is InChI=1S/C15H25N3S.C5H5N/c1-3-4-5-6-7-10-14-15(17-19-16-14)13-9-8-11-18(2)12-13;1-2-4-6-5-3-1/h9H,3-8,10-12H2,1-2H3;1-5H. The first kappa shape index (κ1) is 19.7. The first-order chi connectivity index (χ1) is 12.3. The van der Waals surface area contributed by atoms with Gasteiger partial charge < -0.3 is 4.90 Å². The van der Waals surface area contributed by atoms with E-state index in [0.29, 0.717) is 0 Å². The van der Waals surface area contributed by atoms with Crippen LogP contribution in [0, 0.1) is 0 Å². The summed E-state index contributed by atoms with van der Waals surface area (Å²) >= 11 is 1.37. The number of hydrogen-bond acceptors (Lipinski definition) is 5. The van der Waals surface area contributed by atoms with Crippen molar-refractivity contribution in [3.8, 4) is 0 Å². The predicted molar refractivity (Wildman–Crippen MR) is 107 cm³/mol. The molecule has 3 rings (SSSR count). The Hall–Kier alpha value is -1.59.